The van der Waals surface area contributed by atoms with E-state index in [0.717, 1.165) is 12.0 Å². The van der Waals surface area contributed by atoms with Gasteiger partial charge in [-0.1, -0.05) is 31.2 Å². The summed E-state index contributed by atoms with van der Waals surface area (Å²) in [5.41, 5.74) is 2.12. The average Bonchev–Trinajstić information content (AvgIpc) is 3.45. The first-order valence-corrected chi connectivity index (χ1v) is 10.1. The number of carbonyl (C=O) groups excluding carboxylic acids is 3. The molecule has 3 aromatic rings. The maximum Gasteiger partial charge on any atom is 0.337 e. The fourth-order valence-corrected chi connectivity index (χ4v) is 3.74. The largest absolute Gasteiger partial charge is 0.507 e. The molecule has 1 N–H and O–H groups in total. The van der Waals surface area contributed by atoms with Crippen molar-refractivity contribution in [1.29, 1.82) is 0 Å². The number of amides is 1. The SMILES string of the molecule is CCc1ccc(/C(O)=C2/C(=O)C(=O)N(c3ccc(C(=O)OC)cc3)C2c2ccco2)cc1. The number of aliphatic hydroxyl groups excluding tert-OH is 1. The van der Waals surface area contributed by atoms with E-state index in [9.17, 15) is 19.5 Å². The van der Waals surface area contributed by atoms with Gasteiger partial charge in [-0.3, -0.25) is 14.5 Å². The number of hydrogen-bond donors (Lipinski definition) is 1. The Morgan fingerprint density at radius 2 is 1.69 bits per heavy atom. The van der Waals surface area contributed by atoms with Crippen LogP contribution in [0.25, 0.3) is 5.76 Å². The lowest BCUT2D eigenvalue weighted by molar-refractivity contribution is -0.132. The van der Waals surface area contributed by atoms with Crippen LogP contribution in [0.4, 0.5) is 5.69 Å². The number of methoxy groups -OCH3 is 1. The van der Waals surface area contributed by atoms with E-state index in [-0.39, 0.29) is 11.3 Å². The molecule has 2 aromatic carbocycles. The number of aryl methyl sites for hydroxylation is 1. The molecule has 1 unspecified atom stereocenters. The quantitative estimate of drug-likeness (QED) is 0.281. The lowest BCUT2D eigenvalue weighted by atomic mass is 9.98. The highest BCUT2D eigenvalue weighted by molar-refractivity contribution is 6.51. The number of rotatable bonds is 5. The van der Waals surface area contributed by atoms with Crippen molar-refractivity contribution in [1.82, 2.24) is 0 Å². The van der Waals surface area contributed by atoms with Crippen LogP contribution in [0.3, 0.4) is 0 Å². The third-order valence-electron chi connectivity index (χ3n) is 5.46. The molecule has 0 spiro atoms. The molecule has 1 amide bonds. The third-order valence-corrected chi connectivity index (χ3v) is 5.46. The Hall–Kier alpha value is -4.13. The summed E-state index contributed by atoms with van der Waals surface area (Å²) in [5, 5.41) is 11.0. The first-order chi connectivity index (χ1) is 15.5. The number of nitrogens with zero attached hydrogens (tertiary/aromatic N) is 1. The molecule has 0 bridgehead atoms. The van der Waals surface area contributed by atoms with Gasteiger partial charge in [-0.2, -0.15) is 0 Å². The maximum atomic E-state index is 13.0. The van der Waals surface area contributed by atoms with Crippen LogP contribution in [0.2, 0.25) is 0 Å². The van der Waals surface area contributed by atoms with E-state index in [4.69, 9.17) is 9.15 Å². The summed E-state index contributed by atoms with van der Waals surface area (Å²) in [6, 6.07) is 15.6. The molecule has 2 heterocycles. The second-order valence-electron chi connectivity index (χ2n) is 7.27. The third kappa shape index (κ3) is 3.58. The molecule has 0 radical (unpaired) electrons. The van der Waals surface area contributed by atoms with Crippen molar-refractivity contribution in [3.63, 3.8) is 0 Å². The predicted molar refractivity (Wildman–Crippen MR) is 117 cm³/mol. The van der Waals surface area contributed by atoms with Gasteiger partial charge in [0.1, 0.15) is 17.6 Å². The Balaban J connectivity index is 1.83. The van der Waals surface area contributed by atoms with Gasteiger partial charge in [0.15, 0.2) is 0 Å². The first kappa shape index (κ1) is 21.1. The number of hydrogen-bond acceptors (Lipinski definition) is 6. The predicted octanol–water partition coefficient (Wildman–Crippen LogP) is 4.25. The molecular weight excluding hydrogens is 410 g/mol. The Morgan fingerprint density at radius 3 is 2.25 bits per heavy atom. The molecule has 162 valence electrons. The van der Waals surface area contributed by atoms with Crippen LogP contribution in [-0.4, -0.2) is 29.9 Å². The van der Waals surface area contributed by atoms with Gasteiger partial charge < -0.3 is 14.3 Å². The average molecular weight is 431 g/mol. The Bertz CT molecular complexity index is 1190. The molecule has 7 heteroatoms. The van der Waals surface area contributed by atoms with Crippen LogP contribution in [0.1, 0.15) is 40.2 Å². The number of esters is 1. The molecular formula is C25H21NO6. The fraction of sp³-hybridized carbons (Fsp3) is 0.160. The van der Waals surface area contributed by atoms with Gasteiger partial charge in [-0.05, 0) is 48.4 Å². The van der Waals surface area contributed by atoms with E-state index in [1.54, 1.807) is 36.4 Å². The monoisotopic (exact) mass is 431 g/mol. The van der Waals surface area contributed by atoms with Crippen LogP contribution in [0, 0.1) is 0 Å². The lowest BCUT2D eigenvalue weighted by Gasteiger charge is -2.23. The highest BCUT2D eigenvalue weighted by atomic mass is 16.5. The number of benzene rings is 2. The Labute approximate surface area is 184 Å². The van der Waals surface area contributed by atoms with Gasteiger partial charge in [-0.25, -0.2) is 4.79 Å². The van der Waals surface area contributed by atoms with Crippen LogP contribution in [0.15, 0.2) is 76.9 Å². The molecule has 1 atom stereocenters. The van der Waals surface area contributed by atoms with Crippen molar-refractivity contribution >= 4 is 29.1 Å². The first-order valence-electron chi connectivity index (χ1n) is 10.1. The van der Waals surface area contributed by atoms with Gasteiger partial charge in [0.25, 0.3) is 11.7 Å². The molecule has 1 fully saturated rings. The van der Waals surface area contributed by atoms with Gasteiger partial charge in [-0.15, -0.1) is 0 Å². The summed E-state index contributed by atoms with van der Waals surface area (Å²) in [5.74, 6) is -2.09. The molecule has 7 nitrogen and oxygen atoms in total. The van der Waals surface area contributed by atoms with Crippen molar-refractivity contribution < 1.29 is 28.6 Å². The van der Waals surface area contributed by atoms with Crippen LogP contribution in [-0.2, 0) is 20.7 Å². The fourth-order valence-electron chi connectivity index (χ4n) is 3.74. The van der Waals surface area contributed by atoms with Gasteiger partial charge in [0, 0.05) is 11.3 Å². The molecule has 32 heavy (non-hydrogen) atoms. The molecule has 1 saturated heterocycles. The number of carbonyl (C=O) groups is 3. The summed E-state index contributed by atoms with van der Waals surface area (Å²) in [4.78, 5) is 39.1. The second kappa shape index (κ2) is 8.55. The molecule has 1 aliphatic rings. The van der Waals surface area contributed by atoms with Gasteiger partial charge in [0.05, 0.1) is 24.5 Å². The van der Waals surface area contributed by atoms with Crippen LogP contribution < -0.4 is 4.90 Å². The molecule has 1 aliphatic heterocycles. The Morgan fingerprint density at radius 1 is 1.03 bits per heavy atom. The smallest absolute Gasteiger partial charge is 0.337 e. The van der Waals surface area contributed by atoms with Crippen molar-refractivity contribution in [2.75, 3.05) is 12.0 Å². The zero-order valence-corrected chi connectivity index (χ0v) is 17.6. The van der Waals surface area contributed by atoms with Crippen molar-refractivity contribution in [2.45, 2.75) is 19.4 Å². The van der Waals surface area contributed by atoms with Crippen molar-refractivity contribution in [2.24, 2.45) is 0 Å². The number of furan rings is 1. The standard InChI is InChI=1S/C25H21NO6/c1-3-15-6-8-16(9-7-15)22(27)20-21(19-5-4-14-32-19)26(24(29)23(20)28)18-12-10-17(11-13-18)25(30)31-2/h4-14,21,27H,3H2,1-2H3/b22-20-. The Kier molecular flexibility index (Phi) is 5.64. The normalized spacial score (nSPS) is 17.6. The number of anilines is 1. The van der Waals surface area contributed by atoms with Crippen molar-refractivity contribution in [3.8, 4) is 0 Å². The topological polar surface area (TPSA) is 97.1 Å². The van der Waals surface area contributed by atoms with Gasteiger partial charge in [0.2, 0.25) is 0 Å². The summed E-state index contributed by atoms with van der Waals surface area (Å²) in [7, 11) is 1.28. The lowest BCUT2D eigenvalue weighted by Crippen LogP contribution is -2.29. The van der Waals surface area contributed by atoms with Gasteiger partial charge >= 0.3 is 5.97 Å². The number of aliphatic hydroxyl groups is 1. The van der Waals surface area contributed by atoms with E-state index >= 15 is 0 Å². The number of ether oxygens (including phenoxy) is 1. The van der Waals surface area contributed by atoms with E-state index < -0.39 is 23.7 Å². The minimum absolute atomic E-state index is 0.0637. The zero-order chi connectivity index (χ0) is 22.8. The number of ketones is 1. The van der Waals surface area contributed by atoms with Crippen LogP contribution in [0.5, 0.6) is 0 Å². The summed E-state index contributed by atoms with van der Waals surface area (Å²) < 4.78 is 10.2. The summed E-state index contributed by atoms with van der Waals surface area (Å²) >= 11 is 0. The minimum atomic E-state index is -0.958. The zero-order valence-electron chi connectivity index (χ0n) is 17.6. The maximum absolute atomic E-state index is 13.0. The second-order valence-corrected chi connectivity index (χ2v) is 7.27. The molecule has 4 rings (SSSR count). The summed E-state index contributed by atoms with van der Waals surface area (Å²) in [6.07, 6.45) is 2.27. The highest BCUT2D eigenvalue weighted by Gasteiger charge is 2.48. The van der Waals surface area contributed by atoms with E-state index in [2.05, 4.69) is 0 Å². The van der Waals surface area contributed by atoms with E-state index in [0.29, 0.717) is 22.6 Å². The van der Waals surface area contributed by atoms with Crippen molar-refractivity contribution in [3.05, 3.63) is 95.0 Å². The number of Topliss-reactive ketones (excluding diaryl/α,β-unsaturated/α-hetero) is 1. The van der Waals surface area contributed by atoms with E-state index in [1.165, 1.54) is 30.4 Å². The van der Waals surface area contributed by atoms with Crippen LogP contribution >= 0.6 is 0 Å². The highest BCUT2D eigenvalue weighted by Crippen LogP contribution is 2.42. The van der Waals surface area contributed by atoms with E-state index in [1.807, 2.05) is 19.1 Å². The summed E-state index contributed by atoms with van der Waals surface area (Å²) in [6.45, 7) is 2.02. The minimum Gasteiger partial charge on any atom is -0.507 e. The molecule has 1 aromatic heterocycles. The molecule has 0 saturated carbocycles. The molecule has 0 aliphatic carbocycles.